The van der Waals surface area contributed by atoms with Crippen molar-refractivity contribution in [3.05, 3.63) is 27.9 Å². The molecular weight excluding hydrogens is 238 g/mol. The molecule has 7 heteroatoms. The molecule has 1 aromatic rings. The molecule has 18 heavy (non-hydrogen) atoms. The molecule has 1 rings (SSSR count). The number of aromatic amines is 1. The SMILES string of the molecule is CC(C)(O)C(C)(C)NC(=O)c1ccc([N+](=O)[O-])[nH]1. The van der Waals surface area contributed by atoms with E-state index in [0.717, 1.165) is 0 Å². The van der Waals surface area contributed by atoms with Crippen molar-refractivity contribution >= 4 is 11.7 Å². The Kier molecular flexibility index (Phi) is 3.47. The molecule has 100 valence electrons. The highest BCUT2D eigenvalue weighted by molar-refractivity contribution is 5.93. The molecule has 0 bridgehead atoms. The van der Waals surface area contributed by atoms with E-state index in [1.165, 1.54) is 12.1 Å². The summed E-state index contributed by atoms with van der Waals surface area (Å²) in [4.78, 5) is 24.1. The summed E-state index contributed by atoms with van der Waals surface area (Å²) in [7, 11) is 0. The Labute approximate surface area is 104 Å². The fourth-order valence-corrected chi connectivity index (χ4v) is 1.13. The van der Waals surface area contributed by atoms with Crippen molar-refractivity contribution in [1.82, 2.24) is 10.3 Å². The molecule has 3 N–H and O–H groups in total. The first-order valence-electron chi connectivity index (χ1n) is 5.43. The molecule has 0 unspecified atom stereocenters. The van der Waals surface area contributed by atoms with Crippen molar-refractivity contribution in [1.29, 1.82) is 0 Å². The molecule has 1 aromatic heterocycles. The van der Waals surface area contributed by atoms with E-state index < -0.39 is 22.0 Å². The fourth-order valence-electron chi connectivity index (χ4n) is 1.13. The summed E-state index contributed by atoms with van der Waals surface area (Å²) < 4.78 is 0. The van der Waals surface area contributed by atoms with Gasteiger partial charge in [-0.05, 0) is 38.7 Å². The molecule has 0 fully saturated rings. The second-order valence-electron chi connectivity index (χ2n) is 5.15. The second-order valence-corrected chi connectivity index (χ2v) is 5.15. The fraction of sp³-hybridized carbons (Fsp3) is 0.545. The molecule has 7 nitrogen and oxygen atoms in total. The average Bonchev–Trinajstić information content (AvgIpc) is 2.63. The monoisotopic (exact) mass is 255 g/mol. The lowest BCUT2D eigenvalue weighted by molar-refractivity contribution is -0.389. The molecule has 0 spiro atoms. The second kappa shape index (κ2) is 4.41. The Morgan fingerprint density at radius 2 is 1.94 bits per heavy atom. The van der Waals surface area contributed by atoms with Gasteiger partial charge in [0.05, 0.1) is 11.1 Å². The number of nitrogens with zero attached hydrogens (tertiary/aromatic N) is 1. The molecule has 0 aromatic carbocycles. The molecule has 0 saturated carbocycles. The number of H-pyrrole nitrogens is 1. The van der Waals surface area contributed by atoms with E-state index in [9.17, 15) is 20.0 Å². The molecule has 1 amide bonds. The zero-order valence-electron chi connectivity index (χ0n) is 10.8. The highest BCUT2D eigenvalue weighted by atomic mass is 16.6. The molecule has 0 aliphatic carbocycles. The third kappa shape index (κ3) is 2.86. The van der Waals surface area contributed by atoms with Crippen LogP contribution < -0.4 is 5.32 Å². The van der Waals surface area contributed by atoms with Crippen molar-refractivity contribution in [2.75, 3.05) is 0 Å². The zero-order valence-corrected chi connectivity index (χ0v) is 10.8. The number of amides is 1. The number of aromatic nitrogens is 1. The van der Waals surface area contributed by atoms with Crippen LogP contribution >= 0.6 is 0 Å². The van der Waals surface area contributed by atoms with Gasteiger partial charge in [0.15, 0.2) is 5.69 Å². The van der Waals surface area contributed by atoms with Gasteiger partial charge in [0.25, 0.3) is 5.91 Å². The molecule has 1 heterocycles. The van der Waals surface area contributed by atoms with E-state index in [1.54, 1.807) is 27.7 Å². The number of nitro groups is 1. The Morgan fingerprint density at radius 3 is 2.33 bits per heavy atom. The average molecular weight is 255 g/mol. The maximum atomic E-state index is 11.9. The molecule has 0 atom stereocenters. The van der Waals surface area contributed by atoms with Gasteiger partial charge in [-0.25, -0.2) is 4.98 Å². The Morgan fingerprint density at radius 1 is 1.39 bits per heavy atom. The summed E-state index contributed by atoms with van der Waals surface area (Å²) in [5, 5.41) is 23.0. The van der Waals surface area contributed by atoms with Crippen molar-refractivity contribution in [2.24, 2.45) is 0 Å². The smallest absolute Gasteiger partial charge is 0.321 e. The van der Waals surface area contributed by atoms with Crippen LogP contribution in [0.3, 0.4) is 0 Å². The lowest BCUT2D eigenvalue weighted by Gasteiger charge is -2.37. The Bertz CT molecular complexity index is 471. The Hall–Kier alpha value is -1.89. The lowest BCUT2D eigenvalue weighted by Crippen LogP contribution is -2.57. The Balaban J connectivity index is 2.86. The van der Waals surface area contributed by atoms with Gasteiger partial charge in [0.1, 0.15) is 0 Å². The highest BCUT2D eigenvalue weighted by Gasteiger charge is 2.37. The number of rotatable bonds is 4. The summed E-state index contributed by atoms with van der Waals surface area (Å²) in [5.74, 6) is -0.753. The number of aliphatic hydroxyl groups is 1. The van der Waals surface area contributed by atoms with Crippen LogP contribution in [-0.2, 0) is 0 Å². The van der Waals surface area contributed by atoms with Crippen molar-refractivity contribution in [3.8, 4) is 0 Å². The first-order chi connectivity index (χ1) is 8.04. The van der Waals surface area contributed by atoms with Gasteiger partial charge in [0, 0.05) is 6.07 Å². The molecule has 0 aliphatic heterocycles. The number of nitrogens with one attached hydrogen (secondary N) is 2. The topological polar surface area (TPSA) is 108 Å². The summed E-state index contributed by atoms with van der Waals surface area (Å²) >= 11 is 0. The number of hydrogen-bond acceptors (Lipinski definition) is 4. The quantitative estimate of drug-likeness (QED) is 0.554. The summed E-state index contributed by atoms with van der Waals surface area (Å²) in [6.45, 7) is 6.49. The minimum absolute atomic E-state index is 0.0824. The number of carbonyl (C=O) groups excluding carboxylic acids is 1. The van der Waals surface area contributed by atoms with Crippen LogP contribution in [0.5, 0.6) is 0 Å². The summed E-state index contributed by atoms with van der Waals surface area (Å²) in [5.41, 5.74) is -1.91. The van der Waals surface area contributed by atoms with Crippen LogP contribution in [-0.4, -0.2) is 32.1 Å². The van der Waals surface area contributed by atoms with Crippen LogP contribution in [0.1, 0.15) is 38.2 Å². The first-order valence-corrected chi connectivity index (χ1v) is 5.43. The van der Waals surface area contributed by atoms with E-state index in [4.69, 9.17) is 0 Å². The van der Waals surface area contributed by atoms with Gasteiger partial charge in [-0.3, -0.25) is 4.79 Å². The van der Waals surface area contributed by atoms with E-state index in [2.05, 4.69) is 10.3 Å². The third-order valence-corrected chi connectivity index (χ3v) is 3.07. The van der Waals surface area contributed by atoms with Gasteiger partial charge >= 0.3 is 5.82 Å². The van der Waals surface area contributed by atoms with Crippen LogP contribution in [0.2, 0.25) is 0 Å². The highest BCUT2D eigenvalue weighted by Crippen LogP contribution is 2.21. The molecule has 0 aliphatic rings. The van der Waals surface area contributed by atoms with Crippen LogP contribution in [0.25, 0.3) is 0 Å². The molecule has 0 saturated heterocycles. The molecular formula is C11H17N3O4. The van der Waals surface area contributed by atoms with Crippen LogP contribution in [0.15, 0.2) is 12.1 Å². The summed E-state index contributed by atoms with van der Waals surface area (Å²) in [6, 6.07) is 2.54. The van der Waals surface area contributed by atoms with Gasteiger partial charge in [-0.15, -0.1) is 0 Å². The van der Waals surface area contributed by atoms with Crippen molar-refractivity contribution < 1.29 is 14.8 Å². The van der Waals surface area contributed by atoms with Gasteiger partial charge < -0.3 is 20.5 Å². The predicted octanol–water partition coefficient (Wildman–Crippen LogP) is 1.20. The number of hydrogen-bond donors (Lipinski definition) is 3. The minimum Gasteiger partial charge on any atom is -0.388 e. The van der Waals surface area contributed by atoms with E-state index in [-0.39, 0.29) is 11.5 Å². The first kappa shape index (κ1) is 14.2. The number of carbonyl (C=O) groups is 1. The predicted molar refractivity (Wildman–Crippen MR) is 65.3 cm³/mol. The van der Waals surface area contributed by atoms with Crippen molar-refractivity contribution in [3.63, 3.8) is 0 Å². The minimum atomic E-state index is -1.12. The zero-order chi connectivity index (χ0) is 14.1. The lowest BCUT2D eigenvalue weighted by atomic mass is 9.86. The maximum absolute atomic E-state index is 11.9. The van der Waals surface area contributed by atoms with Crippen molar-refractivity contribution in [2.45, 2.75) is 38.8 Å². The standard InChI is InChI=1S/C11H17N3O4/c1-10(2,11(3,4)16)13-9(15)7-5-6-8(12-7)14(17)18/h5-6,12,16H,1-4H3,(H,13,15). The largest absolute Gasteiger partial charge is 0.388 e. The molecule has 0 radical (unpaired) electrons. The van der Waals surface area contributed by atoms with E-state index >= 15 is 0 Å². The van der Waals surface area contributed by atoms with Crippen LogP contribution in [0.4, 0.5) is 5.82 Å². The van der Waals surface area contributed by atoms with E-state index in [1.807, 2.05) is 0 Å². The maximum Gasteiger partial charge on any atom is 0.321 e. The van der Waals surface area contributed by atoms with Gasteiger partial charge in [0.2, 0.25) is 0 Å². The third-order valence-electron chi connectivity index (χ3n) is 3.07. The van der Waals surface area contributed by atoms with Crippen LogP contribution in [0, 0.1) is 10.1 Å². The normalized spacial score (nSPS) is 12.3. The van der Waals surface area contributed by atoms with Gasteiger partial charge in [-0.2, -0.15) is 0 Å². The summed E-state index contributed by atoms with van der Waals surface area (Å²) in [6.07, 6.45) is 0. The van der Waals surface area contributed by atoms with E-state index in [0.29, 0.717) is 0 Å². The van der Waals surface area contributed by atoms with Gasteiger partial charge in [-0.1, -0.05) is 0 Å².